The molecule has 0 amide bonds. The Morgan fingerprint density at radius 2 is 1.41 bits per heavy atom. The van der Waals surface area contributed by atoms with Crippen LogP contribution in [0.2, 0.25) is 0 Å². The van der Waals surface area contributed by atoms with Gasteiger partial charge < -0.3 is 5.11 Å². The molecule has 110 valence electrons. The van der Waals surface area contributed by atoms with E-state index in [-0.39, 0.29) is 38.0 Å². The molecule has 0 fully saturated rings. The van der Waals surface area contributed by atoms with Gasteiger partial charge in [-0.3, -0.25) is 0 Å². The Balaban J connectivity index is 0.000000583. The van der Waals surface area contributed by atoms with Crippen molar-refractivity contribution in [3.8, 4) is 0 Å². The van der Waals surface area contributed by atoms with Crippen LogP contribution in [0.15, 0.2) is 48.5 Å². The molecule has 1 nitrogen and oxygen atoms in total. The first kappa shape index (κ1) is 19.3. The first-order chi connectivity index (χ1) is 9.93. The van der Waals surface area contributed by atoms with Crippen molar-refractivity contribution in [3.63, 3.8) is 0 Å². The second-order valence-electron chi connectivity index (χ2n) is 5.29. The SMILES string of the molecule is CO.[BH4-].[Na+].c1ccc2c(c1)ccc1c3c(ccc12)CCCC3. The largest absolute Gasteiger partial charge is 1.00 e. The average Bonchev–Trinajstić information content (AvgIpc) is 2.56. The van der Waals surface area contributed by atoms with Crippen molar-refractivity contribution in [2.45, 2.75) is 25.7 Å². The third-order valence-corrected chi connectivity index (χ3v) is 4.26. The molecule has 3 aromatic rings. The normalized spacial score (nSPS) is 12.5. The molecule has 1 aliphatic carbocycles. The van der Waals surface area contributed by atoms with E-state index in [1.165, 1.54) is 47.2 Å². The average molecular weight is 302 g/mol. The van der Waals surface area contributed by atoms with Gasteiger partial charge in [0.1, 0.15) is 0 Å². The Labute approximate surface area is 156 Å². The van der Waals surface area contributed by atoms with Crippen LogP contribution in [0, 0.1) is 0 Å². The summed E-state index contributed by atoms with van der Waals surface area (Å²) in [5.41, 5.74) is 3.17. The van der Waals surface area contributed by atoms with Crippen molar-refractivity contribution in [3.05, 3.63) is 59.7 Å². The fourth-order valence-electron chi connectivity index (χ4n) is 3.34. The van der Waals surface area contributed by atoms with Crippen LogP contribution in [0.1, 0.15) is 24.0 Å². The summed E-state index contributed by atoms with van der Waals surface area (Å²) < 4.78 is 0. The van der Waals surface area contributed by atoms with E-state index in [1.807, 2.05) is 0 Å². The van der Waals surface area contributed by atoms with E-state index in [1.54, 1.807) is 11.1 Å². The molecule has 0 atom stereocenters. The predicted molar refractivity (Wildman–Crippen MR) is 97.6 cm³/mol. The maximum absolute atomic E-state index is 7.00. The minimum Gasteiger partial charge on any atom is -0.400 e. The topological polar surface area (TPSA) is 20.2 Å². The van der Waals surface area contributed by atoms with E-state index in [0.717, 1.165) is 7.11 Å². The van der Waals surface area contributed by atoms with Crippen molar-refractivity contribution in [2.75, 3.05) is 7.11 Å². The molecule has 0 aliphatic heterocycles. The number of hydrogen-bond donors (Lipinski definition) is 1. The smallest absolute Gasteiger partial charge is 0.400 e. The molecule has 0 bridgehead atoms. The van der Waals surface area contributed by atoms with Gasteiger partial charge in [0.25, 0.3) is 0 Å². The van der Waals surface area contributed by atoms with Crippen LogP contribution in [-0.2, 0) is 12.8 Å². The Kier molecular flexibility index (Phi) is 7.65. The maximum atomic E-state index is 7.00. The fraction of sp³-hybridized carbons (Fsp3) is 0.263. The molecule has 0 radical (unpaired) electrons. The zero-order valence-electron chi connectivity index (χ0n) is 12.9. The van der Waals surface area contributed by atoms with Crippen LogP contribution in [0.4, 0.5) is 0 Å². The quantitative estimate of drug-likeness (QED) is 0.459. The first-order valence-corrected chi connectivity index (χ1v) is 7.30. The van der Waals surface area contributed by atoms with E-state index in [9.17, 15) is 0 Å². The van der Waals surface area contributed by atoms with Gasteiger partial charge in [-0.05, 0) is 58.4 Å². The monoisotopic (exact) mass is 302 g/mol. The van der Waals surface area contributed by atoms with Gasteiger partial charge in [0.2, 0.25) is 0 Å². The maximum Gasteiger partial charge on any atom is 1.00 e. The van der Waals surface area contributed by atoms with Crippen LogP contribution in [0.3, 0.4) is 0 Å². The van der Waals surface area contributed by atoms with Crippen molar-refractivity contribution in [1.29, 1.82) is 0 Å². The van der Waals surface area contributed by atoms with E-state index in [4.69, 9.17) is 5.11 Å². The molecular weight excluding hydrogens is 278 g/mol. The second kappa shape index (κ2) is 8.74. The third-order valence-electron chi connectivity index (χ3n) is 4.26. The summed E-state index contributed by atoms with van der Waals surface area (Å²) in [6, 6.07) is 18.0. The molecule has 0 saturated heterocycles. The van der Waals surface area contributed by atoms with Crippen molar-refractivity contribution in [1.82, 2.24) is 0 Å². The first-order valence-electron chi connectivity index (χ1n) is 7.30. The van der Waals surface area contributed by atoms with Gasteiger partial charge in [-0.15, -0.1) is 0 Å². The number of rotatable bonds is 0. The van der Waals surface area contributed by atoms with E-state index in [2.05, 4.69) is 48.5 Å². The Morgan fingerprint density at radius 1 is 0.727 bits per heavy atom. The Morgan fingerprint density at radius 3 is 2.23 bits per heavy atom. The molecule has 3 heteroatoms. The second-order valence-corrected chi connectivity index (χ2v) is 5.29. The van der Waals surface area contributed by atoms with E-state index in [0.29, 0.717) is 0 Å². The molecule has 22 heavy (non-hydrogen) atoms. The van der Waals surface area contributed by atoms with Gasteiger partial charge in [0, 0.05) is 7.11 Å². The summed E-state index contributed by atoms with van der Waals surface area (Å²) in [6.45, 7) is 0. The molecule has 3 aromatic carbocycles. The summed E-state index contributed by atoms with van der Waals surface area (Å²) in [7, 11) is 1.00. The molecule has 0 spiro atoms. The number of aryl methyl sites for hydroxylation is 2. The van der Waals surface area contributed by atoms with Crippen LogP contribution >= 0.6 is 0 Å². The molecule has 1 aliphatic rings. The van der Waals surface area contributed by atoms with Crippen molar-refractivity contribution in [2.24, 2.45) is 0 Å². The third kappa shape index (κ3) is 3.41. The van der Waals surface area contributed by atoms with Crippen LogP contribution in [0.25, 0.3) is 21.5 Å². The number of benzene rings is 3. The fourth-order valence-corrected chi connectivity index (χ4v) is 3.34. The Bertz CT molecular complexity index is 755. The summed E-state index contributed by atoms with van der Waals surface area (Å²) in [6.07, 6.45) is 5.22. The molecule has 0 unspecified atom stereocenters. The zero-order chi connectivity index (χ0) is 13.9. The number of hydrogen-bond acceptors (Lipinski definition) is 1. The molecule has 0 saturated carbocycles. The summed E-state index contributed by atoms with van der Waals surface area (Å²) in [4.78, 5) is 0. The summed E-state index contributed by atoms with van der Waals surface area (Å²) >= 11 is 0. The minimum absolute atomic E-state index is 0. The molecule has 1 N–H and O–H groups in total. The van der Waals surface area contributed by atoms with Gasteiger partial charge in [-0.25, -0.2) is 0 Å². The summed E-state index contributed by atoms with van der Waals surface area (Å²) in [5.74, 6) is 0. The molecule has 0 aromatic heterocycles. The minimum atomic E-state index is 0. The van der Waals surface area contributed by atoms with Crippen LogP contribution < -0.4 is 29.6 Å². The van der Waals surface area contributed by atoms with Gasteiger partial charge in [0.05, 0.1) is 0 Å². The van der Waals surface area contributed by atoms with Gasteiger partial charge in [0.15, 0.2) is 0 Å². The van der Waals surface area contributed by atoms with Crippen LogP contribution in [0.5, 0.6) is 0 Å². The Hall–Kier alpha value is -0.795. The predicted octanol–water partition coefficient (Wildman–Crippen LogP) is 0.0327. The zero-order valence-corrected chi connectivity index (χ0v) is 14.9. The van der Waals surface area contributed by atoms with E-state index < -0.39 is 0 Å². The van der Waals surface area contributed by atoms with Gasteiger partial charge >= 0.3 is 29.6 Å². The van der Waals surface area contributed by atoms with E-state index >= 15 is 0 Å². The van der Waals surface area contributed by atoms with Crippen LogP contribution in [-0.4, -0.2) is 20.6 Å². The molecule has 4 rings (SSSR count). The van der Waals surface area contributed by atoms with Gasteiger partial charge in [-0.1, -0.05) is 56.9 Å². The van der Waals surface area contributed by atoms with Gasteiger partial charge in [-0.2, -0.15) is 0 Å². The number of aliphatic hydroxyl groups is 1. The number of aliphatic hydroxyl groups excluding tert-OH is 1. The molecule has 0 heterocycles. The molecular formula is C19H24BNaO. The van der Waals surface area contributed by atoms with Crippen molar-refractivity contribution >= 4 is 30.0 Å². The standard InChI is InChI=1S/C18H16.CH4O.BH4.Na/c1-3-7-15-13(5-1)9-11-18-16-8-4-2-6-14(16)10-12-17(15)18;1-2;;/h1,3,5,7,9-12H,2,4,6,8H2;2H,1H3;1H4;/q;;-1;+1. The summed E-state index contributed by atoms with van der Waals surface area (Å²) in [5, 5.41) is 12.6. The number of fused-ring (bicyclic) bond motifs is 5. The van der Waals surface area contributed by atoms with Crippen molar-refractivity contribution < 1.29 is 34.7 Å².